The minimum absolute atomic E-state index is 0.110. The zero-order valence-electron chi connectivity index (χ0n) is 14.1. The van der Waals surface area contributed by atoms with Crippen LogP contribution in [0.15, 0.2) is 52.5 Å². The maximum absolute atomic E-state index is 12.4. The van der Waals surface area contributed by atoms with Gasteiger partial charge in [-0.1, -0.05) is 18.2 Å². The topological polar surface area (TPSA) is 88.4 Å². The van der Waals surface area contributed by atoms with Crippen LogP contribution in [0.1, 0.15) is 15.9 Å². The molecule has 26 heavy (non-hydrogen) atoms. The number of halogens is 1. The summed E-state index contributed by atoms with van der Waals surface area (Å²) in [5.41, 5.74) is 1.00. The van der Waals surface area contributed by atoms with Crippen LogP contribution in [0.5, 0.6) is 5.75 Å². The van der Waals surface area contributed by atoms with Crippen LogP contribution >= 0.6 is 15.9 Å². The van der Waals surface area contributed by atoms with Crippen LogP contribution in [0, 0.1) is 11.3 Å². The minimum atomic E-state index is -0.629. The second-order valence-electron chi connectivity index (χ2n) is 5.06. The summed E-state index contributed by atoms with van der Waals surface area (Å²) in [6.07, 6.45) is 1.44. The molecule has 0 radical (unpaired) electrons. The van der Waals surface area contributed by atoms with Gasteiger partial charge < -0.3 is 14.8 Å². The maximum Gasteiger partial charge on any atom is 0.339 e. The van der Waals surface area contributed by atoms with E-state index in [0.717, 1.165) is 0 Å². The van der Waals surface area contributed by atoms with Crippen LogP contribution in [0.4, 0.5) is 5.69 Å². The Labute approximate surface area is 159 Å². The van der Waals surface area contributed by atoms with Crippen LogP contribution in [-0.2, 0) is 9.53 Å². The average molecular weight is 415 g/mol. The molecule has 132 valence electrons. The highest BCUT2D eigenvalue weighted by Crippen LogP contribution is 2.26. The van der Waals surface area contributed by atoms with Gasteiger partial charge in [-0.2, -0.15) is 5.26 Å². The number of hydrogen-bond donors (Lipinski definition) is 1. The Kier molecular flexibility index (Phi) is 6.53. The molecular weight excluding hydrogens is 400 g/mol. The zero-order chi connectivity index (χ0) is 19.1. The lowest BCUT2D eigenvalue weighted by Gasteiger charge is -2.09. The fourth-order valence-electron chi connectivity index (χ4n) is 2.16. The second kappa shape index (κ2) is 8.83. The Balaban J connectivity index is 2.29. The number of carbonyl (C=O) groups is 2. The van der Waals surface area contributed by atoms with Crippen molar-refractivity contribution in [2.75, 3.05) is 19.5 Å². The number of amides is 1. The number of ether oxygens (including phenoxy) is 2. The highest BCUT2D eigenvalue weighted by molar-refractivity contribution is 9.10. The molecule has 0 aliphatic carbocycles. The normalized spacial score (nSPS) is 10.6. The third-order valence-electron chi connectivity index (χ3n) is 3.43. The highest BCUT2D eigenvalue weighted by atomic mass is 79.9. The van der Waals surface area contributed by atoms with E-state index in [1.165, 1.54) is 19.3 Å². The van der Waals surface area contributed by atoms with Crippen molar-refractivity contribution in [1.29, 1.82) is 5.26 Å². The molecule has 1 N–H and O–H groups in total. The zero-order valence-corrected chi connectivity index (χ0v) is 15.7. The molecule has 2 aromatic carbocycles. The molecule has 0 aliphatic heterocycles. The van der Waals surface area contributed by atoms with E-state index in [0.29, 0.717) is 15.8 Å². The molecule has 0 spiro atoms. The molecule has 6 nitrogen and oxygen atoms in total. The smallest absolute Gasteiger partial charge is 0.339 e. The van der Waals surface area contributed by atoms with E-state index in [4.69, 9.17) is 4.74 Å². The number of para-hydroxylation sites is 1. The van der Waals surface area contributed by atoms with Crippen molar-refractivity contribution in [3.63, 3.8) is 0 Å². The Bertz CT molecular complexity index is 916. The van der Waals surface area contributed by atoms with E-state index in [1.807, 2.05) is 6.07 Å². The monoisotopic (exact) mass is 414 g/mol. The minimum Gasteiger partial charge on any atom is -0.496 e. The predicted molar refractivity (Wildman–Crippen MR) is 101 cm³/mol. The molecule has 0 unspecified atom stereocenters. The van der Waals surface area contributed by atoms with Crippen LogP contribution in [0.3, 0.4) is 0 Å². The lowest BCUT2D eigenvalue weighted by molar-refractivity contribution is -0.112. The van der Waals surface area contributed by atoms with Crippen molar-refractivity contribution >= 4 is 39.6 Å². The van der Waals surface area contributed by atoms with E-state index in [-0.39, 0.29) is 16.8 Å². The average Bonchev–Trinajstić information content (AvgIpc) is 2.66. The van der Waals surface area contributed by atoms with E-state index >= 15 is 0 Å². The summed E-state index contributed by atoms with van der Waals surface area (Å²) < 4.78 is 10.5. The fourth-order valence-corrected chi connectivity index (χ4v) is 2.72. The van der Waals surface area contributed by atoms with Gasteiger partial charge in [-0.25, -0.2) is 4.79 Å². The quantitative estimate of drug-likeness (QED) is 0.456. The summed E-state index contributed by atoms with van der Waals surface area (Å²) in [7, 11) is 2.80. The van der Waals surface area contributed by atoms with E-state index in [1.54, 1.807) is 43.5 Å². The van der Waals surface area contributed by atoms with Crippen molar-refractivity contribution in [3.8, 4) is 11.8 Å². The van der Waals surface area contributed by atoms with E-state index in [9.17, 15) is 14.9 Å². The van der Waals surface area contributed by atoms with Gasteiger partial charge in [-0.15, -0.1) is 0 Å². The van der Waals surface area contributed by atoms with Crippen LogP contribution < -0.4 is 10.1 Å². The van der Waals surface area contributed by atoms with Crippen molar-refractivity contribution < 1.29 is 19.1 Å². The standard InChI is InChI=1S/C19H15BrN2O4/c1-25-17-8-7-12(10-15(17)20)9-13(11-21)18(23)22-16-6-4-3-5-14(16)19(24)26-2/h3-10H,1-2H3,(H,22,23)/b13-9+. The molecule has 2 rings (SSSR count). The van der Waals surface area contributed by atoms with Crippen LogP contribution in [0.2, 0.25) is 0 Å². The lowest BCUT2D eigenvalue weighted by Crippen LogP contribution is -2.16. The molecule has 0 saturated carbocycles. The van der Waals surface area contributed by atoms with Crippen molar-refractivity contribution in [2.45, 2.75) is 0 Å². The number of benzene rings is 2. The summed E-state index contributed by atoms with van der Waals surface area (Å²) in [6, 6.07) is 13.4. The molecule has 0 aromatic heterocycles. The van der Waals surface area contributed by atoms with Crippen molar-refractivity contribution in [1.82, 2.24) is 0 Å². The van der Waals surface area contributed by atoms with Gasteiger partial charge in [0.15, 0.2) is 0 Å². The van der Waals surface area contributed by atoms with Gasteiger partial charge in [0.1, 0.15) is 17.4 Å². The molecule has 0 fully saturated rings. The van der Waals surface area contributed by atoms with Gasteiger partial charge in [0, 0.05) is 0 Å². The molecule has 0 aliphatic rings. The first-order valence-corrected chi connectivity index (χ1v) is 8.23. The number of nitriles is 1. The number of methoxy groups -OCH3 is 2. The lowest BCUT2D eigenvalue weighted by atomic mass is 10.1. The van der Waals surface area contributed by atoms with E-state index < -0.39 is 11.9 Å². The first kappa shape index (κ1) is 19.2. The number of anilines is 1. The molecule has 0 heterocycles. The largest absolute Gasteiger partial charge is 0.496 e. The Hall–Kier alpha value is -3.11. The summed E-state index contributed by atoms with van der Waals surface area (Å²) in [4.78, 5) is 24.2. The third kappa shape index (κ3) is 4.49. The maximum atomic E-state index is 12.4. The molecule has 7 heteroatoms. The summed E-state index contributed by atoms with van der Waals surface area (Å²) in [5.74, 6) is -0.574. The SMILES string of the molecule is COC(=O)c1ccccc1NC(=O)/C(C#N)=C/c1ccc(OC)c(Br)c1. The summed E-state index contributed by atoms with van der Waals surface area (Å²) in [6.45, 7) is 0. The molecule has 1 amide bonds. The third-order valence-corrected chi connectivity index (χ3v) is 4.05. The Morgan fingerprint density at radius 3 is 2.54 bits per heavy atom. The van der Waals surface area contributed by atoms with Gasteiger partial charge in [0.25, 0.3) is 5.91 Å². The molecule has 0 saturated heterocycles. The first-order valence-electron chi connectivity index (χ1n) is 7.44. The molecular formula is C19H15BrN2O4. The first-order chi connectivity index (χ1) is 12.5. The second-order valence-corrected chi connectivity index (χ2v) is 5.91. The van der Waals surface area contributed by atoms with E-state index in [2.05, 4.69) is 26.0 Å². The molecule has 2 aromatic rings. The van der Waals surface area contributed by atoms with Gasteiger partial charge >= 0.3 is 5.97 Å². The number of esters is 1. The van der Waals surface area contributed by atoms with Gasteiger partial charge in [0.2, 0.25) is 0 Å². The number of carbonyl (C=O) groups excluding carboxylic acids is 2. The van der Waals surface area contributed by atoms with Crippen LogP contribution in [0.25, 0.3) is 6.08 Å². The number of nitrogens with one attached hydrogen (secondary N) is 1. The summed E-state index contributed by atoms with van der Waals surface area (Å²) >= 11 is 3.35. The fraction of sp³-hybridized carbons (Fsp3) is 0.105. The molecule has 0 bridgehead atoms. The highest BCUT2D eigenvalue weighted by Gasteiger charge is 2.16. The number of nitrogens with zero attached hydrogens (tertiary/aromatic N) is 1. The van der Waals surface area contributed by atoms with Gasteiger partial charge in [0.05, 0.1) is 29.9 Å². The van der Waals surface area contributed by atoms with Crippen LogP contribution in [-0.4, -0.2) is 26.1 Å². The Morgan fingerprint density at radius 2 is 1.92 bits per heavy atom. The van der Waals surface area contributed by atoms with Crippen molar-refractivity contribution in [3.05, 3.63) is 63.6 Å². The Morgan fingerprint density at radius 1 is 1.19 bits per heavy atom. The number of rotatable bonds is 5. The number of hydrogen-bond acceptors (Lipinski definition) is 5. The van der Waals surface area contributed by atoms with Gasteiger partial charge in [-0.3, -0.25) is 4.79 Å². The van der Waals surface area contributed by atoms with Crippen molar-refractivity contribution in [2.24, 2.45) is 0 Å². The molecule has 0 atom stereocenters. The van der Waals surface area contributed by atoms with Gasteiger partial charge in [-0.05, 0) is 51.8 Å². The predicted octanol–water partition coefficient (Wildman–Crippen LogP) is 3.79. The summed E-state index contributed by atoms with van der Waals surface area (Å²) in [5, 5.41) is 11.9.